The number of para-hydroxylation sites is 1. The quantitative estimate of drug-likeness (QED) is 0.506. The van der Waals surface area contributed by atoms with Gasteiger partial charge in [-0.15, -0.1) is 0 Å². The van der Waals surface area contributed by atoms with Crippen molar-refractivity contribution in [3.63, 3.8) is 0 Å². The van der Waals surface area contributed by atoms with Gasteiger partial charge in [0.2, 0.25) is 0 Å². The molecule has 1 fully saturated rings. The zero-order valence-corrected chi connectivity index (χ0v) is 17.8. The number of aryl methyl sites for hydroxylation is 1. The first-order valence-electron chi connectivity index (χ1n) is 10.4. The number of aromatic nitrogens is 1. The van der Waals surface area contributed by atoms with E-state index in [0.29, 0.717) is 0 Å². The van der Waals surface area contributed by atoms with Crippen LogP contribution in [0.3, 0.4) is 0 Å². The molecule has 0 aliphatic carbocycles. The van der Waals surface area contributed by atoms with Crippen LogP contribution in [0.15, 0.2) is 29.4 Å². The first-order valence-corrected chi connectivity index (χ1v) is 10.4. The summed E-state index contributed by atoms with van der Waals surface area (Å²) in [5, 5.41) is 8.18. The lowest BCUT2D eigenvalue weighted by Crippen LogP contribution is -2.52. The molecule has 0 spiro atoms. The van der Waals surface area contributed by atoms with Crippen LogP contribution in [0.5, 0.6) is 0 Å². The SMILES string of the molecule is CCNC(=NCC(C)(C)N1CCOCC1)NCCc1c[nH]c2c(C)cccc12. The number of nitrogens with zero attached hydrogens (tertiary/aromatic N) is 2. The van der Waals surface area contributed by atoms with E-state index in [2.05, 4.69) is 72.6 Å². The van der Waals surface area contributed by atoms with E-state index in [9.17, 15) is 0 Å². The van der Waals surface area contributed by atoms with Crippen molar-refractivity contribution in [2.75, 3.05) is 45.9 Å². The molecular formula is C22H35N5O. The molecule has 154 valence electrons. The third-order valence-electron chi connectivity index (χ3n) is 5.53. The normalized spacial score (nSPS) is 16.5. The summed E-state index contributed by atoms with van der Waals surface area (Å²) in [6, 6.07) is 6.47. The van der Waals surface area contributed by atoms with Crippen molar-refractivity contribution in [1.29, 1.82) is 0 Å². The molecule has 0 saturated carbocycles. The molecule has 6 heteroatoms. The van der Waals surface area contributed by atoms with E-state index in [1.165, 1.54) is 22.0 Å². The minimum atomic E-state index is 0.0283. The molecule has 1 aliphatic heterocycles. The van der Waals surface area contributed by atoms with E-state index in [-0.39, 0.29) is 5.54 Å². The summed E-state index contributed by atoms with van der Waals surface area (Å²) >= 11 is 0. The van der Waals surface area contributed by atoms with Gasteiger partial charge in [-0.25, -0.2) is 0 Å². The van der Waals surface area contributed by atoms with E-state index in [4.69, 9.17) is 9.73 Å². The summed E-state index contributed by atoms with van der Waals surface area (Å²) in [6.45, 7) is 14.8. The van der Waals surface area contributed by atoms with Gasteiger partial charge in [0.1, 0.15) is 0 Å². The van der Waals surface area contributed by atoms with E-state index >= 15 is 0 Å². The maximum atomic E-state index is 5.48. The predicted octanol–water partition coefficient (Wildman–Crippen LogP) is 2.68. The van der Waals surface area contributed by atoms with E-state index < -0.39 is 0 Å². The Balaban J connectivity index is 1.57. The number of morpholine rings is 1. The second-order valence-electron chi connectivity index (χ2n) is 8.10. The van der Waals surface area contributed by atoms with Crippen LogP contribution in [0.4, 0.5) is 0 Å². The molecule has 0 radical (unpaired) electrons. The van der Waals surface area contributed by atoms with Gasteiger partial charge in [-0.05, 0) is 45.2 Å². The zero-order chi connectivity index (χ0) is 20.0. The number of fused-ring (bicyclic) bond motifs is 1. The van der Waals surface area contributed by atoms with Crippen LogP contribution in [-0.4, -0.2) is 67.3 Å². The van der Waals surface area contributed by atoms with Gasteiger partial charge in [0.25, 0.3) is 0 Å². The van der Waals surface area contributed by atoms with Crippen molar-refractivity contribution in [2.24, 2.45) is 4.99 Å². The fourth-order valence-electron chi connectivity index (χ4n) is 3.77. The van der Waals surface area contributed by atoms with Gasteiger partial charge in [0.15, 0.2) is 5.96 Å². The smallest absolute Gasteiger partial charge is 0.191 e. The minimum Gasteiger partial charge on any atom is -0.379 e. The summed E-state index contributed by atoms with van der Waals surface area (Å²) < 4.78 is 5.48. The van der Waals surface area contributed by atoms with Crippen LogP contribution < -0.4 is 10.6 Å². The van der Waals surface area contributed by atoms with Gasteiger partial charge in [-0.1, -0.05) is 18.2 Å². The highest BCUT2D eigenvalue weighted by atomic mass is 16.5. The molecule has 0 atom stereocenters. The molecule has 0 bridgehead atoms. The third-order valence-corrected chi connectivity index (χ3v) is 5.53. The molecule has 1 aliphatic rings. The molecule has 2 aromatic rings. The maximum absolute atomic E-state index is 5.48. The number of guanidine groups is 1. The van der Waals surface area contributed by atoms with Crippen LogP contribution in [0, 0.1) is 6.92 Å². The number of rotatable bonds is 7. The molecule has 1 aromatic heterocycles. The maximum Gasteiger partial charge on any atom is 0.191 e. The number of aromatic amines is 1. The van der Waals surface area contributed by atoms with Gasteiger partial charge >= 0.3 is 0 Å². The molecule has 3 N–H and O–H groups in total. The number of nitrogens with one attached hydrogen (secondary N) is 3. The lowest BCUT2D eigenvalue weighted by molar-refractivity contribution is -0.00683. The fourth-order valence-corrected chi connectivity index (χ4v) is 3.77. The Morgan fingerprint density at radius 2 is 2.04 bits per heavy atom. The Hall–Kier alpha value is -2.05. The Morgan fingerprint density at radius 1 is 1.25 bits per heavy atom. The van der Waals surface area contributed by atoms with Crippen molar-refractivity contribution >= 4 is 16.9 Å². The number of aliphatic imine (C=N–C) groups is 1. The van der Waals surface area contributed by atoms with Crippen LogP contribution in [-0.2, 0) is 11.2 Å². The fraction of sp³-hybridized carbons (Fsp3) is 0.591. The van der Waals surface area contributed by atoms with Crippen molar-refractivity contribution in [3.8, 4) is 0 Å². The average molecular weight is 386 g/mol. The molecule has 6 nitrogen and oxygen atoms in total. The average Bonchev–Trinajstić information content (AvgIpc) is 3.11. The molecule has 0 unspecified atom stereocenters. The largest absolute Gasteiger partial charge is 0.379 e. The van der Waals surface area contributed by atoms with Gasteiger partial charge < -0.3 is 20.4 Å². The van der Waals surface area contributed by atoms with Crippen LogP contribution in [0.25, 0.3) is 10.9 Å². The van der Waals surface area contributed by atoms with Crippen LogP contribution >= 0.6 is 0 Å². The van der Waals surface area contributed by atoms with Crippen molar-refractivity contribution < 1.29 is 4.74 Å². The highest BCUT2D eigenvalue weighted by Gasteiger charge is 2.28. The first kappa shape index (κ1) is 20.7. The van der Waals surface area contributed by atoms with Gasteiger partial charge in [-0.2, -0.15) is 0 Å². The van der Waals surface area contributed by atoms with Gasteiger partial charge in [0.05, 0.1) is 19.8 Å². The predicted molar refractivity (Wildman–Crippen MR) is 117 cm³/mol. The zero-order valence-electron chi connectivity index (χ0n) is 17.8. The Morgan fingerprint density at radius 3 is 2.79 bits per heavy atom. The molecule has 1 aromatic carbocycles. The van der Waals surface area contributed by atoms with Gasteiger partial charge in [0, 0.05) is 48.8 Å². The summed E-state index contributed by atoms with van der Waals surface area (Å²) in [5.74, 6) is 0.889. The third kappa shape index (κ3) is 5.06. The molecule has 3 rings (SSSR count). The van der Waals surface area contributed by atoms with Crippen molar-refractivity contribution in [1.82, 2.24) is 20.5 Å². The highest BCUT2D eigenvalue weighted by Crippen LogP contribution is 2.21. The Labute approximate surface area is 168 Å². The second-order valence-corrected chi connectivity index (χ2v) is 8.10. The monoisotopic (exact) mass is 385 g/mol. The van der Waals surface area contributed by atoms with Gasteiger partial charge in [-0.3, -0.25) is 9.89 Å². The number of hydrogen-bond acceptors (Lipinski definition) is 3. The summed E-state index contributed by atoms with van der Waals surface area (Å²) in [4.78, 5) is 10.7. The topological polar surface area (TPSA) is 64.7 Å². The number of hydrogen-bond donors (Lipinski definition) is 3. The molecular weight excluding hydrogens is 350 g/mol. The Kier molecular flexibility index (Phi) is 6.97. The van der Waals surface area contributed by atoms with E-state index in [0.717, 1.165) is 58.3 Å². The molecule has 1 saturated heterocycles. The van der Waals surface area contributed by atoms with Crippen LogP contribution in [0.1, 0.15) is 31.9 Å². The Bertz CT molecular complexity index is 789. The standard InChI is InChI=1S/C22H35N5O/c1-5-23-21(26-16-22(3,4)27-11-13-28-14-12-27)24-10-9-18-15-25-20-17(2)7-6-8-19(18)20/h6-8,15,25H,5,9-14,16H2,1-4H3,(H2,23,24,26). The van der Waals surface area contributed by atoms with Crippen LogP contribution in [0.2, 0.25) is 0 Å². The van der Waals surface area contributed by atoms with E-state index in [1.807, 2.05) is 0 Å². The number of benzene rings is 1. The number of H-pyrrole nitrogens is 1. The first-order chi connectivity index (χ1) is 13.5. The highest BCUT2D eigenvalue weighted by molar-refractivity contribution is 5.86. The van der Waals surface area contributed by atoms with Crippen molar-refractivity contribution in [3.05, 3.63) is 35.5 Å². The summed E-state index contributed by atoms with van der Waals surface area (Å²) in [6.07, 6.45) is 3.09. The second kappa shape index (κ2) is 9.43. The lowest BCUT2D eigenvalue weighted by atomic mass is 10.0. The minimum absolute atomic E-state index is 0.0283. The molecule has 28 heavy (non-hydrogen) atoms. The lowest BCUT2D eigenvalue weighted by Gasteiger charge is -2.39. The van der Waals surface area contributed by atoms with E-state index in [1.54, 1.807) is 0 Å². The number of ether oxygens (including phenoxy) is 1. The summed E-state index contributed by atoms with van der Waals surface area (Å²) in [7, 11) is 0. The summed E-state index contributed by atoms with van der Waals surface area (Å²) in [5.41, 5.74) is 3.90. The van der Waals surface area contributed by atoms with Crippen molar-refractivity contribution in [2.45, 2.75) is 39.7 Å². The molecule has 0 amide bonds. The molecule has 2 heterocycles.